The van der Waals surface area contributed by atoms with Crippen LogP contribution < -0.4 is 0 Å². The smallest absolute Gasteiger partial charge is 0.149 e. The van der Waals surface area contributed by atoms with Crippen molar-refractivity contribution in [3.63, 3.8) is 0 Å². The lowest BCUT2D eigenvalue weighted by Gasteiger charge is -2.28. The highest BCUT2D eigenvalue weighted by atomic mass is 35.5. The lowest BCUT2D eigenvalue weighted by Crippen LogP contribution is -2.35. The minimum absolute atomic E-state index is 0.233. The number of alkyl halides is 1. The molecule has 2 rings (SSSR count). The maximum Gasteiger partial charge on any atom is 0.149 e. The van der Waals surface area contributed by atoms with Gasteiger partial charge >= 0.3 is 0 Å². The number of rotatable bonds is 0. The topological polar surface area (TPSA) is 47.6 Å². The minimum atomic E-state index is -0.863. The van der Waals surface area contributed by atoms with Gasteiger partial charge in [0.15, 0.2) is 0 Å². The molecule has 0 aromatic heterocycles. The Morgan fingerprint density at radius 3 is 2.58 bits per heavy atom. The van der Waals surface area contributed by atoms with Crippen molar-refractivity contribution < 1.29 is 0 Å². The van der Waals surface area contributed by atoms with Crippen LogP contribution in [0.3, 0.4) is 0 Å². The van der Waals surface area contributed by atoms with Crippen molar-refractivity contribution in [3.05, 3.63) is 0 Å². The first-order valence-corrected chi connectivity index (χ1v) is 4.60. The lowest BCUT2D eigenvalue weighted by atomic mass is 9.80. The average Bonchev–Trinajstić information content (AvgIpc) is 2.63. The second-order valence-corrected chi connectivity index (χ2v) is 4.38. The molecule has 0 aromatic carbocycles. The van der Waals surface area contributed by atoms with Gasteiger partial charge in [-0.15, -0.1) is 11.6 Å². The molecule has 4 atom stereocenters. The second-order valence-electron chi connectivity index (χ2n) is 3.76. The SMILES string of the molecule is N#CC1C2CCC(C2)C1(Cl)C#N. The molecule has 2 aliphatic rings. The molecule has 12 heavy (non-hydrogen) atoms. The van der Waals surface area contributed by atoms with Crippen molar-refractivity contribution in [2.75, 3.05) is 0 Å². The van der Waals surface area contributed by atoms with Crippen molar-refractivity contribution in [2.45, 2.75) is 24.1 Å². The van der Waals surface area contributed by atoms with E-state index >= 15 is 0 Å². The first-order chi connectivity index (χ1) is 5.72. The highest BCUT2D eigenvalue weighted by Crippen LogP contribution is 2.57. The fourth-order valence-corrected chi connectivity index (χ4v) is 3.08. The van der Waals surface area contributed by atoms with Gasteiger partial charge in [0, 0.05) is 0 Å². The molecule has 0 spiro atoms. The molecule has 2 aliphatic carbocycles. The third-order valence-corrected chi connectivity index (χ3v) is 3.93. The number of halogens is 1. The largest absolute Gasteiger partial charge is 0.198 e. The van der Waals surface area contributed by atoms with Crippen LogP contribution in [0.2, 0.25) is 0 Å². The predicted octanol–water partition coefficient (Wildman–Crippen LogP) is 2.06. The van der Waals surface area contributed by atoms with E-state index in [4.69, 9.17) is 22.1 Å². The Bertz CT molecular complexity index is 288. The van der Waals surface area contributed by atoms with E-state index in [0.717, 1.165) is 19.3 Å². The Hall–Kier alpha value is -0.730. The van der Waals surface area contributed by atoms with E-state index in [1.165, 1.54) is 0 Å². The summed E-state index contributed by atoms with van der Waals surface area (Å²) in [5.74, 6) is 0.416. The number of hydrogen-bond acceptors (Lipinski definition) is 2. The van der Waals surface area contributed by atoms with E-state index in [-0.39, 0.29) is 11.8 Å². The summed E-state index contributed by atoms with van der Waals surface area (Å²) in [5, 5.41) is 17.8. The summed E-state index contributed by atoms with van der Waals surface area (Å²) in [6.45, 7) is 0. The van der Waals surface area contributed by atoms with Crippen LogP contribution in [-0.4, -0.2) is 4.87 Å². The number of hydrogen-bond donors (Lipinski definition) is 0. The van der Waals surface area contributed by atoms with Crippen LogP contribution >= 0.6 is 11.6 Å². The zero-order valence-corrected chi connectivity index (χ0v) is 7.38. The molecular formula is C9H9ClN2. The Labute approximate surface area is 76.7 Å². The van der Waals surface area contributed by atoms with E-state index in [0.29, 0.717) is 5.92 Å². The first kappa shape index (κ1) is 7.90. The fraction of sp³-hybridized carbons (Fsp3) is 0.778. The Kier molecular flexibility index (Phi) is 1.56. The van der Waals surface area contributed by atoms with Crippen molar-refractivity contribution in [3.8, 4) is 12.1 Å². The van der Waals surface area contributed by atoms with Gasteiger partial charge in [0.05, 0.1) is 18.1 Å². The van der Waals surface area contributed by atoms with Gasteiger partial charge < -0.3 is 0 Å². The van der Waals surface area contributed by atoms with Gasteiger partial charge in [0.25, 0.3) is 0 Å². The van der Waals surface area contributed by atoms with Gasteiger partial charge in [-0.2, -0.15) is 10.5 Å². The zero-order valence-electron chi connectivity index (χ0n) is 6.63. The first-order valence-electron chi connectivity index (χ1n) is 4.22. The summed E-state index contributed by atoms with van der Waals surface area (Å²) in [7, 11) is 0. The van der Waals surface area contributed by atoms with Gasteiger partial charge in [0.1, 0.15) is 4.87 Å². The molecule has 0 saturated heterocycles. The summed E-state index contributed by atoms with van der Waals surface area (Å²) in [5.41, 5.74) is 0. The molecule has 0 aliphatic heterocycles. The Morgan fingerprint density at radius 2 is 2.08 bits per heavy atom. The third-order valence-electron chi connectivity index (χ3n) is 3.30. The maximum atomic E-state index is 8.92. The quantitative estimate of drug-likeness (QED) is 0.536. The van der Waals surface area contributed by atoms with Crippen molar-refractivity contribution in [1.82, 2.24) is 0 Å². The van der Waals surface area contributed by atoms with Gasteiger partial charge in [-0.1, -0.05) is 0 Å². The fourth-order valence-electron chi connectivity index (χ4n) is 2.66. The summed E-state index contributed by atoms with van der Waals surface area (Å²) in [4.78, 5) is -0.863. The molecule has 2 bridgehead atoms. The molecule has 0 amide bonds. The molecule has 62 valence electrons. The lowest BCUT2D eigenvalue weighted by molar-refractivity contribution is 0.357. The Balaban J connectivity index is 2.37. The monoisotopic (exact) mass is 180 g/mol. The average molecular weight is 181 g/mol. The van der Waals surface area contributed by atoms with Crippen LogP contribution in [0.5, 0.6) is 0 Å². The predicted molar refractivity (Wildman–Crippen MR) is 44.1 cm³/mol. The van der Waals surface area contributed by atoms with Crippen molar-refractivity contribution >= 4 is 11.6 Å². The highest BCUT2D eigenvalue weighted by molar-refractivity contribution is 6.26. The van der Waals surface area contributed by atoms with E-state index in [9.17, 15) is 0 Å². The zero-order chi connectivity index (χ0) is 8.77. The molecule has 0 radical (unpaired) electrons. The second kappa shape index (κ2) is 2.38. The summed E-state index contributed by atoms with van der Waals surface area (Å²) in [6.07, 6.45) is 3.09. The molecule has 4 unspecified atom stereocenters. The summed E-state index contributed by atoms with van der Waals surface area (Å²) in [6, 6.07) is 4.30. The van der Waals surface area contributed by atoms with E-state index in [1.807, 2.05) is 0 Å². The molecule has 3 heteroatoms. The van der Waals surface area contributed by atoms with E-state index in [2.05, 4.69) is 12.1 Å². The summed E-state index contributed by atoms with van der Waals surface area (Å²) >= 11 is 6.13. The molecule has 2 fully saturated rings. The molecule has 2 nitrogen and oxygen atoms in total. The highest BCUT2D eigenvalue weighted by Gasteiger charge is 2.58. The van der Waals surface area contributed by atoms with E-state index < -0.39 is 4.87 Å². The van der Waals surface area contributed by atoms with Gasteiger partial charge in [0.2, 0.25) is 0 Å². The number of nitrogens with zero attached hydrogens (tertiary/aromatic N) is 2. The number of nitriles is 2. The van der Waals surface area contributed by atoms with Crippen molar-refractivity contribution in [2.24, 2.45) is 17.8 Å². The van der Waals surface area contributed by atoms with Crippen molar-refractivity contribution in [1.29, 1.82) is 10.5 Å². The molecule has 2 saturated carbocycles. The van der Waals surface area contributed by atoms with Gasteiger partial charge in [-0.25, -0.2) is 0 Å². The minimum Gasteiger partial charge on any atom is -0.198 e. The van der Waals surface area contributed by atoms with Crippen LogP contribution in [0, 0.1) is 40.4 Å². The van der Waals surface area contributed by atoms with Crippen LogP contribution in [0.1, 0.15) is 19.3 Å². The molecular weight excluding hydrogens is 172 g/mol. The van der Waals surface area contributed by atoms with Crippen LogP contribution in [0.25, 0.3) is 0 Å². The molecule has 0 N–H and O–H groups in total. The van der Waals surface area contributed by atoms with Gasteiger partial charge in [-0.05, 0) is 31.1 Å². The maximum absolute atomic E-state index is 8.92. The standard InChI is InChI=1S/C9H9ClN2/c10-9(5-12)7-2-1-6(3-7)8(9)4-11/h6-8H,1-3H2. The van der Waals surface area contributed by atoms with Gasteiger partial charge in [-0.3, -0.25) is 0 Å². The Morgan fingerprint density at radius 1 is 1.33 bits per heavy atom. The third kappa shape index (κ3) is 0.740. The number of fused-ring (bicyclic) bond motifs is 2. The molecule has 0 aromatic rings. The summed E-state index contributed by atoms with van der Waals surface area (Å²) < 4.78 is 0. The van der Waals surface area contributed by atoms with E-state index in [1.54, 1.807) is 0 Å². The van der Waals surface area contributed by atoms with Crippen LogP contribution in [0.15, 0.2) is 0 Å². The normalized spacial score (nSPS) is 50.1. The van der Waals surface area contributed by atoms with Crippen LogP contribution in [0.4, 0.5) is 0 Å². The molecule has 0 heterocycles. The van der Waals surface area contributed by atoms with Crippen LogP contribution in [-0.2, 0) is 0 Å².